The summed E-state index contributed by atoms with van der Waals surface area (Å²) in [5.41, 5.74) is -0.0148. The lowest BCUT2D eigenvalue weighted by Gasteiger charge is -2.14. The van der Waals surface area contributed by atoms with E-state index in [0.717, 1.165) is 24.3 Å². The lowest BCUT2D eigenvalue weighted by Crippen LogP contribution is -2.14. The molecule has 0 aliphatic rings. The summed E-state index contributed by atoms with van der Waals surface area (Å²) in [6.07, 6.45) is 0.725. The minimum absolute atomic E-state index is 0.0214. The van der Waals surface area contributed by atoms with Gasteiger partial charge in [0, 0.05) is 22.0 Å². The summed E-state index contributed by atoms with van der Waals surface area (Å²) >= 11 is 10.1. The van der Waals surface area contributed by atoms with Gasteiger partial charge < -0.3 is 15.3 Å². The van der Waals surface area contributed by atoms with Crippen LogP contribution in [0.3, 0.4) is 0 Å². The molecule has 0 spiro atoms. The first kappa shape index (κ1) is 24.3. The number of rotatable bonds is 8. The zero-order valence-corrected chi connectivity index (χ0v) is 20.1. The highest BCUT2D eigenvalue weighted by molar-refractivity contribution is 9.09. The average Bonchev–Trinajstić information content (AvgIpc) is 3.11. The third-order valence-electron chi connectivity index (χ3n) is 4.50. The highest BCUT2D eigenvalue weighted by Gasteiger charge is 2.25. The molecule has 2 aromatic carbocycles. The lowest BCUT2D eigenvalue weighted by molar-refractivity contribution is 0.0693. The topological polar surface area (TPSA) is 124 Å². The molecule has 0 aliphatic carbocycles. The van der Waals surface area contributed by atoms with Crippen LogP contribution < -0.4 is 4.72 Å². The molecule has 3 rings (SSSR count). The Labute approximate surface area is 200 Å². The van der Waals surface area contributed by atoms with Crippen molar-refractivity contribution in [2.75, 3.05) is 10.1 Å². The Morgan fingerprint density at radius 2 is 1.88 bits per heavy atom. The van der Waals surface area contributed by atoms with Gasteiger partial charge in [-0.25, -0.2) is 17.6 Å². The van der Waals surface area contributed by atoms with E-state index in [9.17, 15) is 32.9 Å². The first-order valence-corrected chi connectivity index (χ1v) is 12.8. The van der Waals surface area contributed by atoms with Gasteiger partial charge in [-0.05, 0) is 49.2 Å². The normalized spacial score (nSPS) is 11.5. The van der Waals surface area contributed by atoms with Gasteiger partial charge in [-0.15, -0.1) is 11.3 Å². The Balaban J connectivity index is 2.03. The molecular weight excluding hydrogens is 549 g/mol. The number of anilines is 1. The van der Waals surface area contributed by atoms with Crippen LogP contribution in [0.5, 0.6) is 11.5 Å². The van der Waals surface area contributed by atoms with Crippen LogP contribution in [-0.4, -0.2) is 35.0 Å². The molecule has 7 nitrogen and oxygen atoms in total. The van der Waals surface area contributed by atoms with E-state index in [2.05, 4.69) is 20.7 Å². The number of hydrogen-bond donors (Lipinski definition) is 4. The number of carboxylic acid groups (broad SMARTS) is 1. The second-order valence-electron chi connectivity index (χ2n) is 6.61. The first-order valence-electron chi connectivity index (χ1n) is 9.00. The Bertz CT molecular complexity index is 1300. The van der Waals surface area contributed by atoms with E-state index < -0.39 is 27.6 Å². The largest absolute Gasteiger partial charge is 0.507 e. The highest BCUT2D eigenvalue weighted by atomic mass is 79.9. The summed E-state index contributed by atoms with van der Waals surface area (Å²) in [7, 11) is -4.20. The average molecular weight is 565 g/mol. The Hall–Kier alpha value is -2.34. The first-order chi connectivity index (χ1) is 15.0. The van der Waals surface area contributed by atoms with Crippen LogP contribution in [-0.2, 0) is 16.4 Å². The van der Waals surface area contributed by atoms with Crippen LogP contribution in [0.4, 0.5) is 10.1 Å². The maximum absolute atomic E-state index is 13.6. The lowest BCUT2D eigenvalue weighted by atomic mass is 10.0. The van der Waals surface area contributed by atoms with E-state index >= 15 is 0 Å². The number of hydrogen-bond acceptors (Lipinski definition) is 6. The van der Waals surface area contributed by atoms with E-state index in [0.29, 0.717) is 23.1 Å². The number of aromatic hydroxyl groups is 2. The molecule has 32 heavy (non-hydrogen) atoms. The Morgan fingerprint density at radius 1 is 1.16 bits per heavy atom. The number of phenols is 2. The van der Waals surface area contributed by atoms with E-state index in [4.69, 9.17) is 11.6 Å². The molecule has 170 valence electrons. The second kappa shape index (κ2) is 9.65. The predicted octanol–water partition coefficient (Wildman–Crippen LogP) is 5.45. The van der Waals surface area contributed by atoms with Gasteiger partial charge in [0.25, 0.3) is 10.0 Å². The summed E-state index contributed by atoms with van der Waals surface area (Å²) in [6.45, 7) is 0. The van der Waals surface area contributed by atoms with Crippen molar-refractivity contribution < 1.29 is 32.9 Å². The summed E-state index contributed by atoms with van der Waals surface area (Å²) in [4.78, 5) is 11.3. The van der Waals surface area contributed by atoms with Gasteiger partial charge in [0.1, 0.15) is 31.4 Å². The zero-order valence-electron chi connectivity index (χ0n) is 16.1. The van der Waals surface area contributed by atoms with Crippen molar-refractivity contribution in [2.45, 2.75) is 17.1 Å². The predicted molar refractivity (Wildman–Crippen MR) is 124 cm³/mol. The van der Waals surface area contributed by atoms with Crippen molar-refractivity contribution in [3.63, 3.8) is 0 Å². The van der Waals surface area contributed by atoms with Gasteiger partial charge in [-0.1, -0.05) is 27.5 Å². The van der Waals surface area contributed by atoms with Crippen molar-refractivity contribution in [1.29, 1.82) is 0 Å². The molecule has 0 amide bonds. The molecule has 12 heteroatoms. The van der Waals surface area contributed by atoms with Crippen molar-refractivity contribution >= 4 is 60.5 Å². The second-order valence-corrected chi connectivity index (χ2v) is 11.0. The molecule has 1 aromatic heterocycles. The van der Waals surface area contributed by atoms with Crippen LogP contribution in [0.2, 0.25) is 4.34 Å². The number of aromatic carboxylic acids is 1. The highest BCUT2D eigenvalue weighted by Crippen LogP contribution is 2.42. The Kier molecular flexibility index (Phi) is 7.33. The smallest absolute Gasteiger partial charge is 0.339 e. The van der Waals surface area contributed by atoms with Gasteiger partial charge in [-0.3, -0.25) is 4.72 Å². The Morgan fingerprint density at radius 3 is 2.53 bits per heavy atom. The van der Waals surface area contributed by atoms with Gasteiger partial charge >= 0.3 is 5.97 Å². The van der Waals surface area contributed by atoms with Crippen LogP contribution in [0, 0.1) is 5.82 Å². The van der Waals surface area contributed by atoms with Crippen LogP contribution in [0.15, 0.2) is 40.6 Å². The minimum Gasteiger partial charge on any atom is -0.507 e. The monoisotopic (exact) mass is 563 g/mol. The van der Waals surface area contributed by atoms with E-state index in [1.165, 1.54) is 12.1 Å². The van der Waals surface area contributed by atoms with Crippen molar-refractivity contribution in [2.24, 2.45) is 0 Å². The van der Waals surface area contributed by atoms with Gasteiger partial charge in [0.15, 0.2) is 0 Å². The molecule has 1 heterocycles. The van der Waals surface area contributed by atoms with E-state index in [1.54, 1.807) is 0 Å². The number of nitrogens with one attached hydrogen (secondary N) is 1. The zero-order chi connectivity index (χ0) is 23.6. The van der Waals surface area contributed by atoms with Gasteiger partial charge in [-0.2, -0.15) is 0 Å². The molecular formula is C20H16BrClFNO6S2. The van der Waals surface area contributed by atoms with Crippen molar-refractivity contribution in [3.8, 4) is 22.6 Å². The summed E-state index contributed by atoms with van der Waals surface area (Å²) in [5, 5.41) is 30.2. The number of benzene rings is 2. The molecule has 0 saturated carbocycles. The number of alkyl halides is 1. The van der Waals surface area contributed by atoms with Crippen molar-refractivity contribution in [3.05, 3.63) is 57.7 Å². The third kappa shape index (κ3) is 5.01. The summed E-state index contributed by atoms with van der Waals surface area (Å²) in [6, 6.07) is 6.79. The van der Waals surface area contributed by atoms with Crippen LogP contribution >= 0.6 is 38.9 Å². The van der Waals surface area contributed by atoms with Crippen molar-refractivity contribution in [1.82, 2.24) is 0 Å². The number of thiophene rings is 1. The maximum atomic E-state index is 13.6. The molecule has 0 atom stereocenters. The molecule has 0 bridgehead atoms. The number of phenolic OH excluding ortho intramolecular Hbond substituents is 1. The fourth-order valence-corrected chi connectivity index (χ4v) is 6.11. The number of carbonyl (C=O) groups is 1. The molecule has 0 radical (unpaired) electrons. The maximum Gasteiger partial charge on any atom is 0.339 e. The number of carboxylic acids is 1. The quantitative estimate of drug-likeness (QED) is 0.270. The molecule has 0 saturated heterocycles. The minimum atomic E-state index is -4.20. The van der Waals surface area contributed by atoms with Gasteiger partial charge in [0.2, 0.25) is 0 Å². The fraction of sp³-hybridized carbons (Fsp3) is 0.150. The molecule has 0 aliphatic heterocycles. The number of halogens is 3. The molecule has 4 N–H and O–H groups in total. The van der Waals surface area contributed by atoms with E-state index in [-0.39, 0.29) is 48.7 Å². The molecule has 3 aromatic rings. The summed E-state index contributed by atoms with van der Waals surface area (Å²) < 4.78 is 41.8. The summed E-state index contributed by atoms with van der Waals surface area (Å²) in [5.74, 6) is -2.77. The fourth-order valence-electron chi connectivity index (χ4n) is 2.98. The molecule has 0 unspecified atom stereocenters. The van der Waals surface area contributed by atoms with E-state index in [1.807, 2.05) is 0 Å². The third-order valence-corrected chi connectivity index (χ3v) is 8.25. The molecule has 0 fully saturated rings. The van der Waals surface area contributed by atoms with Crippen LogP contribution in [0.25, 0.3) is 11.1 Å². The SMILES string of the molecule is O=C(O)c1ccc(NS(=O)(=O)c2cc(-c3cc(F)ccc3O)c(Cl)s2)c(CCCBr)c1O. The standard InChI is InChI=1S/C20H16BrClFNO6S2/c21-7-1-2-11-15(5-4-12(18(11)26)20(27)28)24-32(29,30)17-9-14(19(22)31-17)13-8-10(23)3-6-16(13)25/h3-6,8-9,24-26H,1-2,7H2,(H,27,28). The van der Waals surface area contributed by atoms with Gasteiger partial charge in [0.05, 0.1) is 5.69 Å². The number of sulfonamides is 1. The van der Waals surface area contributed by atoms with Crippen LogP contribution in [0.1, 0.15) is 22.3 Å².